The molecule has 0 aliphatic heterocycles. The first-order chi connectivity index (χ1) is 8.28. The second-order valence-corrected chi connectivity index (χ2v) is 4.16. The Kier molecular flexibility index (Phi) is 4.72. The topological polar surface area (TPSA) is 55.1 Å². The van der Waals surface area contributed by atoms with Crippen LogP contribution in [-0.2, 0) is 6.54 Å². The molecule has 1 rings (SSSR count). The minimum absolute atomic E-state index is 0.316. The van der Waals surface area contributed by atoms with Crippen molar-refractivity contribution in [1.29, 1.82) is 0 Å². The number of hydrogen-bond donors (Lipinski definition) is 2. The molecule has 0 saturated heterocycles. The van der Waals surface area contributed by atoms with Crippen molar-refractivity contribution in [3.63, 3.8) is 0 Å². The molecule has 0 aromatic heterocycles. The molecule has 0 aliphatic carbocycles. The minimum Gasteiger partial charge on any atom is -0.366 e. The van der Waals surface area contributed by atoms with Gasteiger partial charge in [-0.3, -0.25) is 4.79 Å². The van der Waals surface area contributed by atoms with Gasteiger partial charge in [-0.15, -0.1) is 0 Å². The van der Waals surface area contributed by atoms with Crippen LogP contribution in [-0.4, -0.2) is 18.1 Å². The Hall–Kier alpha value is -1.56. The van der Waals surface area contributed by atoms with Crippen LogP contribution in [0.4, 0.5) is 13.2 Å². The van der Waals surface area contributed by atoms with Gasteiger partial charge < -0.3 is 11.1 Å². The lowest BCUT2D eigenvalue weighted by molar-refractivity contribution is -0.139. The van der Waals surface area contributed by atoms with Gasteiger partial charge in [0, 0.05) is 18.2 Å². The number of carbonyl (C=O) groups excluding carboxylic acids is 1. The van der Waals surface area contributed by atoms with Gasteiger partial charge >= 0.3 is 6.18 Å². The van der Waals surface area contributed by atoms with Crippen molar-refractivity contribution >= 4 is 5.91 Å². The van der Waals surface area contributed by atoms with Gasteiger partial charge in [0.1, 0.15) is 0 Å². The Balaban J connectivity index is 2.46. The average Bonchev–Trinajstić information content (AvgIpc) is 2.24. The number of alkyl halides is 3. The number of primary amides is 1. The molecule has 18 heavy (non-hydrogen) atoms. The van der Waals surface area contributed by atoms with Crippen LogP contribution in [0, 0.1) is 0 Å². The molecule has 6 heteroatoms. The molecule has 0 spiro atoms. The molecule has 1 aromatic carbocycles. The van der Waals surface area contributed by atoms with Gasteiger partial charge in [-0.25, -0.2) is 0 Å². The smallest absolute Gasteiger partial charge is 0.366 e. The highest BCUT2D eigenvalue weighted by Crippen LogP contribution is 2.21. The van der Waals surface area contributed by atoms with Gasteiger partial charge in [0.2, 0.25) is 5.91 Å². The van der Waals surface area contributed by atoms with Crippen molar-refractivity contribution in [2.75, 3.05) is 0 Å². The van der Waals surface area contributed by atoms with Crippen LogP contribution in [0.3, 0.4) is 0 Å². The first-order valence-electron chi connectivity index (χ1n) is 5.47. The van der Waals surface area contributed by atoms with Crippen LogP contribution < -0.4 is 11.1 Å². The third kappa shape index (κ3) is 5.18. The summed E-state index contributed by atoms with van der Waals surface area (Å²) in [5.41, 5.74) is 6.25. The van der Waals surface area contributed by atoms with Crippen LogP contribution >= 0.6 is 0 Å². The number of nitrogens with two attached hydrogens (primary N) is 1. The Morgan fingerprint density at radius 3 is 2.33 bits per heavy atom. The fraction of sp³-hybridized carbons (Fsp3) is 0.417. The third-order valence-corrected chi connectivity index (χ3v) is 2.43. The van der Waals surface area contributed by atoms with E-state index in [1.165, 1.54) is 6.92 Å². The van der Waals surface area contributed by atoms with Gasteiger partial charge in [0.25, 0.3) is 0 Å². The van der Waals surface area contributed by atoms with Crippen LogP contribution in [0.2, 0.25) is 0 Å². The Bertz CT molecular complexity index is 401. The van der Waals surface area contributed by atoms with E-state index in [4.69, 9.17) is 5.73 Å². The number of carbonyl (C=O) groups is 1. The van der Waals surface area contributed by atoms with Gasteiger partial charge in [0.05, 0.1) is 6.42 Å². The third-order valence-electron chi connectivity index (χ3n) is 2.43. The van der Waals surface area contributed by atoms with Crippen LogP contribution in [0.5, 0.6) is 0 Å². The molecule has 0 heterocycles. The predicted octanol–water partition coefficient (Wildman–Crippen LogP) is 2.22. The Labute approximate surface area is 103 Å². The lowest BCUT2D eigenvalue weighted by Gasteiger charge is -2.15. The molecule has 0 aliphatic rings. The van der Waals surface area contributed by atoms with Crippen LogP contribution in [0.1, 0.15) is 29.3 Å². The zero-order chi connectivity index (χ0) is 13.8. The predicted molar refractivity (Wildman–Crippen MR) is 61.9 cm³/mol. The van der Waals surface area contributed by atoms with E-state index in [1.54, 1.807) is 24.3 Å². The molecule has 0 radical (unpaired) electrons. The maximum absolute atomic E-state index is 12.1. The van der Waals surface area contributed by atoms with E-state index in [0.717, 1.165) is 5.56 Å². The second-order valence-electron chi connectivity index (χ2n) is 4.16. The fourth-order valence-electron chi connectivity index (χ4n) is 1.50. The minimum atomic E-state index is -4.16. The standard InChI is InChI=1S/C12H15F3N2O/c1-8(6-12(13,14)15)17-7-9-2-4-10(5-3-9)11(16)18/h2-5,8,17H,6-7H2,1H3,(H2,16,18). The van der Waals surface area contributed by atoms with Gasteiger partial charge in [-0.1, -0.05) is 12.1 Å². The van der Waals surface area contributed by atoms with Gasteiger partial charge in [-0.05, 0) is 24.6 Å². The molecule has 3 nitrogen and oxygen atoms in total. The highest BCUT2D eigenvalue weighted by atomic mass is 19.4. The average molecular weight is 260 g/mol. The Morgan fingerprint density at radius 1 is 1.33 bits per heavy atom. The molecule has 1 unspecified atom stereocenters. The maximum Gasteiger partial charge on any atom is 0.390 e. The van der Waals surface area contributed by atoms with Crippen molar-refractivity contribution in [2.45, 2.75) is 32.1 Å². The zero-order valence-electron chi connectivity index (χ0n) is 9.92. The Morgan fingerprint density at radius 2 is 1.89 bits per heavy atom. The molecule has 3 N–H and O–H groups in total. The molecule has 0 fully saturated rings. The molecule has 1 amide bonds. The maximum atomic E-state index is 12.1. The molecular weight excluding hydrogens is 245 g/mol. The summed E-state index contributed by atoms with van der Waals surface area (Å²) in [5, 5.41) is 2.77. The number of benzene rings is 1. The highest BCUT2D eigenvalue weighted by Gasteiger charge is 2.29. The molecular formula is C12H15F3N2O. The molecule has 1 atom stereocenters. The normalized spacial score (nSPS) is 13.3. The second kappa shape index (κ2) is 5.86. The summed E-state index contributed by atoms with van der Waals surface area (Å²) in [4.78, 5) is 10.8. The molecule has 1 aromatic rings. The lowest BCUT2D eigenvalue weighted by Crippen LogP contribution is -2.30. The summed E-state index contributed by atoms with van der Waals surface area (Å²) in [7, 11) is 0. The number of halogens is 3. The molecule has 0 bridgehead atoms. The fourth-order valence-corrected chi connectivity index (χ4v) is 1.50. The van der Waals surface area contributed by atoms with Crippen molar-refractivity contribution in [3.05, 3.63) is 35.4 Å². The van der Waals surface area contributed by atoms with E-state index >= 15 is 0 Å². The van der Waals surface area contributed by atoms with E-state index in [1.807, 2.05) is 0 Å². The first kappa shape index (κ1) is 14.5. The molecule has 0 saturated carbocycles. The summed E-state index contributed by atoms with van der Waals surface area (Å²) in [5.74, 6) is -0.528. The number of nitrogens with one attached hydrogen (secondary N) is 1. The van der Waals surface area contributed by atoms with E-state index < -0.39 is 24.5 Å². The quantitative estimate of drug-likeness (QED) is 0.852. The largest absolute Gasteiger partial charge is 0.390 e. The van der Waals surface area contributed by atoms with E-state index in [2.05, 4.69) is 5.32 Å². The van der Waals surface area contributed by atoms with Crippen LogP contribution in [0.25, 0.3) is 0 Å². The zero-order valence-corrected chi connectivity index (χ0v) is 9.92. The first-order valence-corrected chi connectivity index (χ1v) is 5.47. The number of amides is 1. The summed E-state index contributed by atoms with van der Waals surface area (Å²) in [6.07, 6.45) is -5.03. The number of hydrogen-bond acceptors (Lipinski definition) is 2. The summed E-state index contributed by atoms with van der Waals surface area (Å²) >= 11 is 0. The van der Waals surface area contributed by atoms with Crippen LogP contribution in [0.15, 0.2) is 24.3 Å². The van der Waals surface area contributed by atoms with Crippen molar-refractivity contribution in [2.24, 2.45) is 5.73 Å². The number of rotatable bonds is 5. The van der Waals surface area contributed by atoms with E-state index in [-0.39, 0.29) is 0 Å². The van der Waals surface area contributed by atoms with Crippen molar-refractivity contribution in [1.82, 2.24) is 5.32 Å². The SMILES string of the molecule is CC(CC(F)(F)F)NCc1ccc(C(N)=O)cc1. The van der Waals surface area contributed by atoms with Crippen molar-refractivity contribution in [3.8, 4) is 0 Å². The summed E-state index contributed by atoms with van der Waals surface area (Å²) < 4.78 is 36.2. The molecule has 100 valence electrons. The lowest BCUT2D eigenvalue weighted by atomic mass is 10.1. The monoisotopic (exact) mass is 260 g/mol. The van der Waals surface area contributed by atoms with Gasteiger partial charge in [0.15, 0.2) is 0 Å². The van der Waals surface area contributed by atoms with Crippen molar-refractivity contribution < 1.29 is 18.0 Å². The van der Waals surface area contributed by atoms with Gasteiger partial charge in [-0.2, -0.15) is 13.2 Å². The summed E-state index contributed by atoms with van der Waals surface area (Å²) in [6.45, 7) is 1.79. The summed E-state index contributed by atoms with van der Waals surface area (Å²) in [6, 6.07) is 5.77. The highest BCUT2D eigenvalue weighted by molar-refractivity contribution is 5.92. The van der Waals surface area contributed by atoms with E-state index in [9.17, 15) is 18.0 Å². The van der Waals surface area contributed by atoms with E-state index in [0.29, 0.717) is 12.1 Å².